The summed E-state index contributed by atoms with van der Waals surface area (Å²) in [7, 11) is 0. The molecule has 2 aliphatic rings. The minimum Gasteiger partial charge on any atom is -0.868 e. The molecule has 0 heterocycles. The SMILES string of the molecule is C[C@@]12CCC[C@](C)(C(=O)[O-])[C@@H]1CCc1cc([N+](=O)[O-])c([O-])cc12. The third-order valence-corrected chi connectivity index (χ3v) is 6.10. The van der Waals surface area contributed by atoms with Gasteiger partial charge in [0.15, 0.2) is 0 Å². The van der Waals surface area contributed by atoms with Gasteiger partial charge < -0.3 is 15.0 Å². The lowest BCUT2D eigenvalue weighted by molar-refractivity contribution is -0.398. The van der Waals surface area contributed by atoms with E-state index in [1.807, 2.05) is 6.92 Å². The molecule has 6 heteroatoms. The number of aryl methyl sites for hydroxylation is 1. The molecule has 0 aromatic heterocycles. The summed E-state index contributed by atoms with van der Waals surface area (Å²) in [6, 6.07) is 2.74. The molecule has 1 fully saturated rings. The van der Waals surface area contributed by atoms with E-state index in [9.17, 15) is 25.1 Å². The van der Waals surface area contributed by atoms with Crippen molar-refractivity contribution in [1.29, 1.82) is 0 Å². The number of hydrogen-bond acceptors (Lipinski definition) is 5. The van der Waals surface area contributed by atoms with Gasteiger partial charge in [-0.2, -0.15) is 0 Å². The van der Waals surface area contributed by atoms with Gasteiger partial charge in [-0.3, -0.25) is 10.1 Å². The number of fused-ring (bicyclic) bond motifs is 3. The molecule has 0 saturated heterocycles. The predicted octanol–water partition coefficient (Wildman–Crippen LogP) is 1.43. The zero-order chi connectivity index (χ0) is 17.0. The van der Waals surface area contributed by atoms with Gasteiger partial charge in [0.1, 0.15) is 0 Å². The number of carboxylic acid groups (broad SMARTS) is 1. The highest BCUT2D eigenvalue weighted by atomic mass is 16.6. The molecule has 0 N–H and O–H groups in total. The van der Waals surface area contributed by atoms with Crippen molar-refractivity contribution >= 4 is 11.7 Å². The summed E-state index contributed by atoms with van der Waals surface area (Å²) in [6.45, 7) is 3.72. The van der Waals surface area contributed by atoms with Gasteiger partial charge in [-0.15, -0.1) is 0 Å². The second-order valence-corrected chi connectivity index (χ2v) is 7.30. The number of carboxylic acids is 1. The van der Waals surface area contributed by atoms with Crippen LogP contribution in [0.15, 0.2) is 12.1 Å². The average Bonchev–Trinajstić information content (AvgIpc) is 2.46. The van der Waals surface area contributed by atoms with E-state index in [-0.39, 0.29) is 5.92 Å². The highest BCUT2D eigenvalue weighted by molar-refractivity contribution is 5.73. The molecule has 1 saturated carbocycles. The van der Waals surface area contributed by atoms with Gasteiger partial charge in [-0.1, -0.05) is 26.3 Å². The van der Waals surface area contributed by atoms with E-state index in [0.29, 0.717) is 19.3 Å². The monoisotopic (exact) mass is 317 g/mol. The van der Waals surface area contributed by atoms with Crippen LogP contribution in [0.5, 0.6) is 5.75 Å². The van der Waals surface area contributed by atoms with Crippen molar-refractivity contribution in [3.8, 4) is 5.75 Å². The number of nitrogens with zero attached hydrogens (tertiary/aromatic N) is 1. The average molecular weight is 317 g/mol. The smallest absolute Gasteiger partial charge is 0.262 e. The van der Waals surface area contributed by atoms with E-state index in [0.717, 1.165) is 24.0 Å². The van der Waals surface area contributed by atoms with Gasteiger partial charge in [0.2, 0.25) is 0 Å². The van der Waals surface area contributed by atoms with Crippen molar-refractivity contribution in [3.63, 3.8) is 0 Å². The van der Waals surface area contributed by atoms with E-state index in [2.05, 4.69) is 0 Å². The molecule has 0 spiro atoms. The number of nitro benzene ring substituents is 1. The van der Waals surface area contributed by atoms with Crippen molar-refractivity contribution in [2.45, 2.75) is 51.4 Å². The summed E-state index contributed by atoms with van der Waals surface area (Å²) in [4.78, 5) is 22.1. The Morgan fingerprint density at radius 3 is 2.61 bits per heavy atom. The summed E-state index contributed by atoms with van der Waals surface area (Å²) in [6.07, 6.45) is 3.29. The maximum absolute atomic E-state index is 12.1. The molecule has 3 atom stereocenters. The van der Waals surface area contributed by atoms with Crippen LogP contribution in [0.3, 0.4) is 0 Å². The summed E-state index contributed by atoms with van der Waals surface area (Å²) < 4.78 is 0. The van der Waals surface area contributed by atoms with Gasteiger partial charge in [0.05, 0.1) is 4.92 Å². The number of aliphatic carboxylic acids is 1. The lowest BCUT2D eigenvalue weighted by atomic mass is 9.50. The number of carbonyl (C=O) groups excluding carboxylic acids is 1. The topological polar surface area (TPSA) is 106 Å². The van der Waals surface area contributed by atoms with E-state index in [1.165, 1.54) is 12.1 Å². The molecule has 0 bridgehead atoms. The molecular weight excluding hydrogens is 298 g/mol. The highest BCUT2D eigenvalue weighted by Crippen LogP contribution is 2.57. The van der Waals surface area contributed by atoms with E-state index >= 15 is 0 Å². The van der Waals surface area contributed by atoms with Gasteiger partial charge in [0, 0.05) is 17.5 Å². The lowest BCUT2D eigenvalue weighted by Gasteiger charge is -2.56. The minimum absolute atomic E-state index is 0.123. The number of benzene rings is 1. The second-order valence-electron chi connectivity index (χ2n) is 7.30. The third-order valence-electron chi connectivity index (χ3n) is 6.10. The lowest BCUT2D eigenvalue weighted by Crippen LogP contribution is -2.56. The van der Waals surface area contributed by atoms with E-state index < -0.39 is 33.2 Å². The summed E-state index contributed by atoms with van der Waals surface area (Å²) in [5, 5.41) is 34.8. The minimum atomic E-state index is -1.04. The van der Waals surface area contributed by atoms with Crippen LogP contribution < -0.4 is 10.2 Å². The first-order chi connectivity index (χ1) is 10.7. The highest BCUT2D eigenvalue weighted by Gasteiger charge is 2.52. The van der Waals surface area contributed by atoms with E-state index in [4.69, 9.17) is 0 Å². The van der Waals surface area contributed by atoms with Gasteiger partial charge in [-0.05, 0) is 53.9 Å². The first kappa shape index (κ1) is 15.8. The summed E-state index contributed by atoms with van der Waals surface area (Å²) in [5.41, 5.74) is -0.178. The van der Waals surface area contributed by atoms with Crippen molar-refractivity contribution in [3.05, 3.63) is 33.4 Å². The van der Waals surface area contributed by atoms with Crippen molar-refractivity contribution < 1.29 is 19.9 Å². The number of carbonyl (C=O) groups is 1. The van der Waals surface area contributed by atoms with Crippen LogP contribution in [0.4, 0.5) is 5.69 Å². The first-order valence-electron chi connectivity index (χ1n) is 7.90. The van der Waals surface area contributed by atoms with Crippen LogP contribution in [-0.4, -0.2) is 10.9 Å². The van der Waals surface area contributed by atoms with Crippen LogP contribution in [0.1, 0.15) is 50.7 Å². The Morgan fingerprint density at radius 2 is 2.00 bits per heavy atom. The van der Waals surface area contributed by atoms with Crippen molar-refractivity contribution in [2.24, 2.45) is 11.3 Å². The Bertz CT molecular complexity index is 700. The summed E-state index contributed by atoms with van der Waals surface area (Å²) in [5.74, 6) is -1.76. The molecule has 124 valence electrons. The third kappa shape index (κ3) is 2.11. The molecule has 6 nitrogen and oxygen atoms in total. The Labute approximate surface area is 134 Å². The number of hydrogen-bond donors (Lipinski definition) is 0. The van der Waals surface area contributed by atoms with Crippen molar-refractivity contribution in [2.75, 3.05) is 0 Å². The Kier molecular flexibility index (Phi) is 3.39. The van der Waals surface area contributed by atoms with Gasteiger partial charge >= 0.3 is 0 Å². The molecule has 3 rings (SSSR count). The molecule has 1 aromatic rings. The Balaban J connectivity index is 2.15. The maximum atomic E-state index is 12.1. The number of rotatable bonds is 2. The maximum Gasteiger partial charge on any atom is 0.262 e. The van der Waals surface area contributed by atoms with Gasteiger partial charge in [0.25, 0.3) is 5.69 Å². The fourth-order valence-corrected chi connectivity index (χ4v) is 4.87. The van der Waals surface area contributed by atoms with Crippen LogP contribution in [-0.2, 0) is 16.6 Å². The van der Waals surface area contributed by atoms with E-state index in [1.54, 1.807) is 6.92 Å². The Morgan fingerprint density at radius 1 is 1.30 bits per heavy atom. The molecule has 0 unspecified atom stereocenters. The normalized spacial score (nSPS) is 32.7. The fourth-order valence-electron chi connectivity index (χ4n) is 4.87. The molecule has 0 radical (unpaired) electrons. The zero-order valence-corrected chi connectivity index (χ0v) is 13.3. The predicted molar refractivity (Wildman–Crippen MR) is 78.7 cm³/mol. The van der Waals surface area contributed by atoms with Crippen LogP contribution >= 0.6 is 0 Å². The van der Waals surface area contributed by atoms with Crippen LogP contribution in [0, 0.1) is 21.4 Å². The molecule has 1 aromatic carbocycles. The molecule has 0 amide bonds. The fraction of sp³-hybridized carbons (Fsp3) is 0.588. The van der Waals surface area contributed by atoms with Gasteiger partial charge in [-0.25, -0.2) is 0 Å². The largest absolute Gasteiger partial charge is 0.868 e. The molecule has 0 aliphatic heterocycles. The summed E-state index contributed by atoms with van der Waals surface area (Å²) >= 11 is 0. The Hall–Kier alpha value is -2.11. The van der Waals surface area contributed by atoms with Crippen molar-refractivity contribution in [1.82, 2.24) is 0 Å². The molecule has 2 aliphatic carbocycles. The molecular formula is C17H19NO5-2. The standard InChI is InChI=1S/C17H21NO5/c1-16-6-3-7-17(2,15(20)21)14(16)5-4-10-8-12(18(22)23)13(19)9-11(10)16/h8-9,14,19H,3-7H2,1-2H3,(H,20,21)/p-2/t14-,16+,17+/m1/s1. The van der Waals surface area contributed by atoms with Crippen LogP contribution in [0.25, 0.3) is 0 Å². The first-order valence-corrected chi connectivity index (χ1v) is 7.90. The van der Waals surface area contributed by atoms with Crippen LogP contribution in [0.2, 0.25) is 0 Å². The quantitative estimate of drug-likeness (QED) is 0.606. The molecule has 23 heavy (non-hydrogen) atoms. The zero-order valence-electron chi connectivity index (χ0n) is 13.3. The number of nitro groups is 1. The second kappa shape index (κ2) is 4.94.